The number of aryl methyl sites for hydroxylation is 3. The maximum Gasteiger partial charge on any atom is 0.352 e. The molecule has 1 N–H and O–H groups in total. The third-order valence-corrected chi connectivity index (χ3v) is 4.36. The fraction of sp³-hybridized carbons (Fsp3) is 0.263. The van der Waals surface area contributed by atoms with Crippen LogP contribution in [0.5, 0.6) is 5.88 Å². The van der Waals surface area contributed by atoms with E-state index in [9.17, 15) is 9.90 Å². The second kappa shape index (κ2) is 6.00. The Kier molecular flexibility index (Phi) is 4.01. The lowest BCUT2D eigenvalue weighted by molar-refractivity contribution is 0.0686. The molecule has 0 aliphatic carbocycles. The van der Waals surface area contributed by atoms with Gasteiger partial charge in [-0.1, -0.05) is 17.7 Å². The van der Waals surface area contributed by atoms with Crippen LogP contribution < -0.4 is 4.74 Å². The molecule has 5 nitrogen and oxygen atoms in total. The number of ether oxygens (including phenoxy) is 1. The van der Waals surface area contributed by atoms with E-state index in [0.717, 1.165) is 22.2 Å². The molecule has 0 aliphatic rings. The average molecular weight is 324 g/mol. The number of carboxylic acids is 1. The molecule has 0 aliphatic heterocycles. The molecule has 3 aromatic rings. The molecule has 0 bridgehead atoms. The molecule has 24 heavy (non-hydrogen) atoms. The highest BCUT2D eigenvalue weighted by molar-refractivity contribution is 5.96. The molecule has 2 heterocycles. The average Bonchev–Trinajstić information content (AvgIpc) is 2.89. The van der Waals surface area contributed by atoms with Gasteiger partial charge in [-0.15, -0.1) is 0 Å². The number of fused-ring (bicyclic) bond motifs is 1. The predicted molar refractivity (Wildman–Crippen MR) is 93.0 cm³/mol. The van der Waals surface area contributed by atoms with Crippen molar-refractivity contribution in [2.75, 3.05) is 7.11 Å². The first-order valence-electron chi connectivity index (χ1n) is 7.74. The van der Waals surface area contributed by atoms with Gasteiger partial charge < -0.3 is 14.4 Å². The van der Waals surface area contributed by atoms with Crippen LogP contribution in [0.1, 0.15) is 32.7 Å². The van der Waals surface area contributed by atoms with Crippen LogP contribution in [0.4, 0.5) is 0 Å². The van der Waals surface area contributed by atoms with Gasteiger partial charge in [0.05, 0.1) is 18.0 Å². The number of hydrogen-bond donors (Lipinski definition) is 1. The first kappa shape index (κ1) is 16.1. The lowest BCUT2D eigenvalue weighted by Crippen LogP contribution is -2.11. The molecule has 0 radical (unpaired) electrons. The van der Waals surface area contributed by atoms with Crippen LogP contribution in [0, 0.1) is 20.8 Å². The Morgan fingerprint density at radius 1 is 1.21 bits per heavy atom. The molecule has 124 valence electrons. The molecule has 0 amide bonds. The van der Waals surface area contributed by atoms with E-state index in [0.29, 0.717) is 17.8 Å². The number of aromatic carboxylic acids is 1. The van der Waals surface area contributed by atoms with Crippen molar-refractivity contribution >= 4 is 16.9 Å². The lowest BCUT2D eigenvalue weighted by atomic mass is 9.99. The zero-order chi connectivity index (χ0) is 17.4. The number of methoxy groups -OCH3 is 1. The van der Waals surface area contributed by atoms with Gasteiger partial charge in [0.1, 0.15) is 5.69 Å². The number of carbonyl (C=O) groups is 1. The number of aromatic nitrogens is 2. The minimum absolute atomic E-state index is 0.232. The summed E-state index contributed by atoms with van der Waals surface area (Å²) in [6.45, 7) is 6.68. The Labute approximate surface area is 140 Å². The second-order valence-corrected chi connectivity index (χ2v) is 6.05. The molecule has 0 unspecified atom stereocenters. The molecule has 0 spiro atoms. The van der Waals surface area contributed by atoms with Crippen molar-refractivity contribution in [2.45, 2.75) is 27.3 Å². The summed E-state index contributed by atoms with van der Waals surface area (Å²) in [7, 11) is 1.54. The van der Waals surface area contributed by atoms with Gasteiger partial charge >= 0.3 is 5.97 Å². The Hall–Kier alpha value is -2.82. The summed E-state index contributed by atoms with van der Waals surface area (Å²) in [5.41, 5.74) is 5.69. The SMILES string of the molecule is COc1nccc2c1cc(C(=O)O)n2Cc1c(C)cc(C)cc1C. The van der Waals surface area contributed by atoms with Crippen molar-refractivity contribution in [3.05, 3.63) is 58.4 Å². The molecule has 0 atom stereocenters. The van der Waals surface area contributed by atoms with Crippen LogP contribution in [0.25, 0.3) is 10.9 Å². The van der Waals surface area contributed by atoms with Gasteiger partial charge in [-0.25, -0.2) is 9.78 Å². The van der Waals surface area contributed by atoms with E-state index < -0.39 is 5.97 Å². The van der Waals surface area contributed by atoms with Crippen molar-refractivity contribution in [3.8, 4) is 5.88 Å². The molecular formula is C19H20N2O3. The highest BCUT2D eigenvalue weighted by atomic mass is 16.5. The number of benzene rings is 1. The molecular weight excluding hydrogens is 304 g/mol. The smallest absolute Gasteiger partial charge is 0.352 e. The van der Waals surface area contributed by atoms with E-state index in [1.54, 1.807) is 12.3 Å². The molecule has 0 fully saturated rings. The fourth-order valence-corrected chi connectivity index (χ4v) is 3.29. The van der Waals surface area contributed by atoms with Crippen molar-refractivity contribution in [1.82, 2.24) is 9.55 Å². The van der Waals surface area contributed by atoms with E-state index in [2.05, 4.69) is 37.9 Å². The van der Waals surface area contributed by atoms with Crippen LogP contribution >= 0.6 is 0 Å². The number of pyridine rings is 1. The van der Waals surface area contributed by atoms with Crippen molar-refractivity contribution in [3.63, 3.8) is 0 Å². The highest BCUT2D eigenvalue weighted by Crippen LogP contribution is 2.29. The first-order chi connectivity index (χ1) is 11.4. The summed E-state index contributed by atoms with van der Waals surface area (Å²) in [6.07, 6.45) is 1.64. The largest absolute Gasteiger partial charge is 0.481 e. The standard InChI is InChI=1S/C19H20N2O3/c1-11-7-12(2)15(13(3)8-11)10-21-16-5-6-20-18(24-4)14(16)9-17(21)19(22)23/h5-9H,10H2,1-4H3,(H,22,23). The predicted octanol–water partition coefficient (Wildman–Crippen LogP) is 3.72. The Balaban J connectivity index is 2.22. The van der Waals surface area contributed by atoms with E-state index in [4.69, 9.17) is 4.74 Å². The highest BCUT2D eigenvalue weighted by Gasteiger charge is 2.19. The third-order valence-electron chi connectivity index (χ3n) is 4.36. The van der Waals surface area contributed by atoms with Crippen LogP contribution in [0.15, 0.2) is 30.5 Å². The minimum atomic E-state index is -0.962. The summed E-state index contributed by atoms with van der Waals surface area (Å²) in [6, 6.07) is 7.69. The van der Waals surface area contributed by atoms with E-state index >= 15 is 0 Å². The van der Waals surface area contributed by atoms with E-state index in [1.807, 2.05) is 10.6 Å². The van der Waals surface area contributed by atoms with E-state index in [1.165, 1.54) is 12.7 Å². The van der Waals surface area contributed by atoms with Crippen molar-refractivity contribution < 1.29 is 14.6 Å². The molecule has 1 aromatic carbocycles. The minimum Gasteiger partial charge on any atom is -0.481 e. The van der Waals surface area contributed by atoms with Gasteiger partial charge in [0.2, 0.25) is 5.88 Å². The van der Waals surface area contributed by atoms with Crippen LogP contribution in [-0.4, -0.2) is 27.7 Å². The van der Waals surface area contributed by atoms with Gasteiger partial charge in [0.15, 0.2) is 0 Å². The summed E-state index contributed by atoms with van der Waals surface area (Å²) in [4.78, 5) is 15.9. The quantitative estimate of drug-likeness (QED) is 0.794. The summed E-state index contributed by atoms with van der Waals surface area (Å²) < 4.78 is 7.08. The molecule has 0 saturated heterocycles. The zero-order valence-corrected chi connectivity index (χ0v) is 14.3. The van der Waals surface area contributed by atoms with Crippen LogP contribution in [-0.2, 0) is 6.54 Å². The lowest BCUT2D eigenvalue weighted by Gasteiger charge is -2.15. The number of nitrogens with zero attached hydrogens (tertiary/aromatic N) is 2. The van der Waals surface area contributed by atoms with E-state index in [-0.39, 0.29) is 5.69 Å². The van der Waals surface area contributed by atoms with Gasteiger partial charge in [-0.3, -0.25) is 0 Å². The van der Waals surface area contributed by atoms with Crippen LogP contribution in [0.3, 0.4) is 0 Å². The summed E-state index contributed by atoms with van der Waals surface area (Å²) in [5, 5.41) is 10.3. The maximum absolute atomic E-state index is 11.7. The first-order valence-corrected chi connectivity index (χ1v) is 7.74. The monoisotopic (exact) mass is 324 g/mol. The molecule has 2 aromatic heterocycles. The Bertz CT molecular complexity index is 918. The number of hydrogen-bond acceptors (Lipinski definition) is 3. The van der Waals surface area contributed by atoms with Gasteiger partial charge in [-0.2, -0.15) is 0 Å². The summed E-state index contributed by atoms with van der Waals surface area (Å²) in [5.74, 6) is -0.526. The fourth-order valence-electron chi connectivity index (χ4n) is 3.29. The van der Waals surface area contributed by atoms with Crippen molar-refractivity contribution in [1.29, 1.82) is 0 Å². The summed E-state index contributed by atoms with van der Waals surface area (Å²) >= 11 is 0. The third kappa shape index (κ3) is 2.62. The van der Waals surface area contributed by atoms with Gasteiger partial charge in [-0.05, 0) is 49.6 Å². The zero-order valence-electron chi connectivity index (χ0n) is 14.3. The number of rotatable bonds is 4. The molecule has 3 rings (SSSR count). The van der Waals surface area contributed by atoms with Gasteiger partial charge in [0, 0.05) is 12.7 Å². The Morgan fingerprint density at radius 3 is 2.46 bits per heavy atom. The van der Waals surface area contributed by atoms with Gasteiger partial charge in [0.25, 0.3) is 0 Å². The topological polar surface area (TPSA) is 64.3 Å². The van der Waals surface area contributed by atoms with Crippen molar-refractivity contribution in [2.24, 2.45) is 0 Å². The number of carboxylic acid groups (broad SMARTS) is 1. The second-order valence-electron chi connectivity index (χ2n) is 6.05. The maximum atomic E-state index is 11.7. The molecule has 0 saturated carbocycles. The van der Waals surface area contributed by atoms with Crippen LogP contribution in [0.2, 0.25) is 0 Å². The normalized spacial score (nSPS) is 11.0. The Morgan fingerprint density at radius 2 is 1.88 bits per heavy atom. The molecule has 5 heteroatoms.